The highest BCUT2D eigenvalue weighted by Crippen LogP contribution is 2.67. The van der Waals surface area contributed by atoms with Crippen molar-refractivity contribution >= 4 is 0 Å². The molecule has 0 aromatic heterocycles. The summed E-state index contributed by atoms with van der Waals surface area (Å²) in [6, 6.07) is 0. The van der Waals surface area contributed by atoms with Crippen molar-refractivity contribution in [3.63, 3.8) is 0 Å². The van der Waals surface area contributed by atoms with Gasteiger partial charge in [0.1, 0.15) is 0 Å². The van der Waals surface area contributed by atoms with Crippen molar-refractivity contribution in [2.75, 3.05) is 0 Å². The molecular weight excluding hydrogens is 172 g/mol. The monoisotopic (exact) mass is 192 g/mol. The highest BCUT2D eigenvalue weighted by molar-refractivity contribution is 5.35. The standard InChI is InChI=1S/C13H20O/c1-12(2)9-5-3-7-13(11(12)14)8-4-6-10(9)13/h6,9,11,14H,3-5,7-8H2,1-2H3. The second-order valence-electron chi connectivity index (χ2n) is 6.02. The molecule has 0 amide bonds. The summed E-state index contributed by atoms with van der Waals surface area (Å²) < 4.78 is 0. The molecule has 14 heavy (non-hydrogen) atoms. The summed E-state index contributed by atoms with van der Waals surface area (Å²) in [4.78, 5) is 0. The van der Waals surface area contributed by atoms with Crippen molar-refractivity contribution in [2.24, 2.45) is 16.7 Å². The van der Waals surface area contributed by atoms with E-state index in [0.29, 0.717) is 5.92 Å². The lowest BCUT2D eigenvalue weighted by atomic mass is 9.72. The van der Waals surface area contributed by atoms with Gasteiger partial charge in [-0.05, 0) is 37.0 Å². The lowest BCUT2D eigenvalue weighted by molar-refractivity contribution is -0.00739. The molecule has 1 heteroatoms. The van der Waals surface area contributed by atoms with Crippen LogP contribution in [0.5, 0.6) is 0 Å². The normalized spacial score (nSPS) is 48.9. The van der Waals surface area contributed by atoms with Crippen LogP contribution in [0.2, 0.25) is 0 Å². The maximum atomic E-state index is 10.5. The maximum absolute atomic E-state index is 10.5. The number of aliphatic hydroxyl groups excluding tert-OH is 1. The Morgan fingerprint density at radius 2 is 2.14 bits per heavy atom. The van der Waals surface area contributed by atoms with E-state index in [-0.39, 0.29) is 16.9 Å². The molecule has 0 aromatic carbocycles. The lowest BCUT2D eigenvalue weighted by Crippen LogP contribution is -2.36. The molecule has 1 nitrogen and oxygen atoms in total. The molecular formula is C13H20O. The molecule has 0 spiro atoms. The smallest absolute Gasteiger partial charge is 0.0690 e. The fraction of sp³-hybridized carbons (Fsp3) is 0.846. The van der Waals surface area contributed by atoms with E-state index in [9.17, 15) is 5.11 Å². The Labute approximate surface area is 86.2 Å². The summed E-state index contributed by atoms with van der Waals surface area (Å²) in [5, 5.41) is 10.5. The van der Waals surface area contributed by atoms with Crippen LogP contribution in [0.25, 0.3) is 0 Å². The molecule has 3 aliphatic rings. The average molecular weight is 192 g/mol. The largest absolute Gasteiger partial charge is 0.392 e. The van der Waals surface area contributed by atoms with E-state index in [1.807, 2.05) is 0 Å². The van der Waals surface area contributed by atoms with Gasteiger partial charge in [-0.2, -0.15) is 0 Å². The number of allylic oxidation sites excluding steroid dienone is 1. The van der Waals surface area contributed by atoms with Crippen LogP contribution < -0.4 is 0 Å². The van der Waals surface area contributed by atoms with Gasteiger partial charge < -0.3 is 5.11 Å². The van der Waals surface area contributed by atoms with Crippen LogP contribution in [0, 0.1) is 16.7 Å². The Morgan fingerprint density at radius 1 is 1.36 bits per heavy atom. The summed E-state index contributed by atoms with van der Waals surface area (Å²) in [5.74, 6) is 0.675. The molecule has 78 valence electrons. The van der Waals surface area contributed by atoms with E-state index in [4.69, 9.17) is 0 Å². The van der Waals surface area contributed by atoms with Crippen LogP contribution >= 0.6 is 0 Å². The first kappa shape index (κ1) is 8.96. The molecule has 1 N–H and O–H groups in total. The Hall–Kier alpha value is -0.300. The van der Waals surface area contributed by atoms with Gasteiger partial charge in [0, 0.05) is 5.41 Å². The summed E-state index contributed by atoms with van der Waals surface area (Å²) in [5.41, 5.74) is 1.97. The first-order valence-electron chi connectivity index (χ1n) is 5.98. The first-order chi connectivity index (χ1) is 6.59. The highest BCUT2D eigenvalue weighted by atomic mass is 16.3. The molecule has 3 aliphatic carbocycles. The van der Waals surface area contributed by atoms with Crippen molar-refractivity contribution in [1.82, 2.24) is 0 Å². The third kappa shape index (κ3) is 0.770. The van der Waals surface area contributed by atoms with Crippen molar-refractivity contribution in [2.45, 2.75) is 52.1 Å². The predicted molar refractivity (Wildman–Crippen MR) is 56.9 cm³/mol. The predicted octanol–water partition coefficient (Wildman–Crippen LogP) is 2.89. The van der Waals surface area contributed by atoms with Crippen LogP contribution in [0.1, 0.15) is 46.0 Å². The second-order valence-corrected chi connectivity index (χ2v) is 6.02. The van der Waals surface area contributed by atoms with E-state index in [1.165, 1.54) is 32.1 Å². The van der Waals surface area contributed by atoms with E-state index in [1.54, 1.807) is 5.57 Å². The van der Waals surface area contributed by atoms with E-state index in [0.717, 1.165) is 0 Å². The van der Waals surface area contributed by atoms with Crippen LogP contribution in [-0.4, -0.2) is 11.2 Å². The molecule has 2 bridgehead atoms. The van der Waals surface area contributed by atoms with Crippen LogP contribution in [0.4, 0.5) is 0 Å². The molecule has 0 aromatic rings. The number of hydrogen-bond donors (Lipinski definition) is 1. The van der Waals surface area contributed by atoms with Gasteiger partial charge in [-0.1, -0.05) is 31.9 Å². The Morgan fingerprint density at radius 3 is 2.86 bits per heavy atom. The third-order valence-electron chi connectivity index (χ3n) is 5.15. The van der Waals surface area contributed by atoms with Crippen molar-refractivity contribution in [3.8, 4) is 0 Å². The Bertz CT molecular complexity index is 302. The average Bonchev–Trinajstić information content (AvgIpc) is 2.62. The zero-order valence-electron chi connectivity index (χ0n) is 9.21. The topological polar surface area (TPSA) is 20.2 Å². The summed E-state index contributed by atoms with van der Waals surface area (Å²) in [6.45, 7) is 4.52. The van der Waals surface area contributed by atoms with Crippen molar-refractivity contribution in [1.29, 1.82) is 0 Å². The molecule has 3 rings (SSSR count). The number of aliphatic hydroxyl groups is 1. The molecule has 2 saturated carbocycles. The van der Waals surface area contributed by atoms with Gasteiger partial charge in [-0.15, -0.1) is 0 Å². The minimum atomic E-state index is -0.0868. The molecule has 0 aliphatic heterocycles. The van der Waals surface area contributed by atoms with E-state index in [2.05, 4.69) is 19.9 Å². The highest BCUT2D eigenvalue weighted by Gasteiger charge is 2.62. The SMILES string of the molecule is CC1(C)C2CCCC3(CCC=C23)C1O. The Balaban J connectivity index is 2.15. The molecule has 0 saturated heterocycles. The number of rotatable bonds is 0. The zero-order chi connectivity index (χ0) is 9.97. The fourth-order valence-corrected chi connectivity index (χ4v) is 4.48. The minimum Gasteiger partial charge on any atom is -0.392 e. The van der Waals surface area contributed by atoms with Crippen LogP contribution in [0.3, 0.4) is 0 Å². The zero-order valence-corrected chi connectivity index (χ0v) is 9.21. The quantitative estimate of drug-likeness (QED) is 0.585. The third-order valence-corrected chi connectivity index (χ3v) is 5.15. The maximum Gasteiger partial charge on any atom is 0.0690 e. The van der Waals surface area contributed by atoms with Crippen molar-refractivity contribution in [3.05, 3.63) is 11.6 Å². The van der Waals surface area contributed by atoms with Gasteiger partial charge in [-0.3, -0.25) is 0 Å². The summed E-state index contributed by atoms with van der Waals surface area (Å²) >= 11 is 0. The van der Waals surface area contributed by atoms with E-state index >= 15 is 0 Å². The van der Waals surface area contributed by atoms with Gasteiger partial charge in [0.2, 0.25) is 0 Å². The molecule has 2 fully saturated rings. The van der Waals surface area contributed by atoms with Gasteiger partial charge in [0.05, 0.1) is 6.10 Å². The van der Waals surface area contributed by atoms with Crippen LogP contribution in [-0.2, 0) is 0 Å². The molecule has 3 atom stereocenters. The van der Waals surface area contributed by atoms with Gasteiger partial charge in [-0.25, -0.2) is 0 Å². The lowest BCUT2D eigenvalue weighted by Gasteiger charge is -2.34. The second kappa shape index (κ2) is 2.44. The first-order valence-corrected chi connectivity index (χ1v) is 5.98. The minimum absolute atomic E-state index is 0.0868. The molecule has 0 heterocycles. The molecule has 0 radical (unpaired) electrons. The fourth-order valence-electron chi connectivity index (χ4n) is 4.48. The Kier molecular flexibility index (Phi) is 1.56. The van der Waals surface area contributed by atoms with E-state index < -0.39 is 0 Å². The summed E-state index contributed by atoms with van der Waals surface area (Å²) in [7, 11) is 0. The number of hydrogen-bond acceptors (Lipinski definition) is 1. The van der Waals surface area contributed by atoms with Gasteiger partial charge in [0.25, 0.3) is 0 Å². The molecule has 3 unspecified atom stereocenters. The van der Waals surface area contributed by atoms with Gasteiger partial charge in [0.15, 0.2) is 0 Å². The van der Waals surface area contributed by atoms with Crippen molar-refractivity contribution < 1.29 is 5.11 Å². The van der Waals surface area contributed by atoms with Crippen LogP contribution in [0.15, 0.2) is 11.6 Å². The van der Waals surface area contributed by atoms with Gasteiger partial charge >= 0.3 is 0 Å². The summed E-state index contributed by atoms with van der Waals surface area (Å²) in [6.07, 6.45) is 8.63.